The second-order valence-corrected chi connectivity index (χ2v) is 4.33. The van der Waals surface area contributed by atoms with Gasteiger partial charge in [0, 0.05) is 26.4 Å². The Labute approximate surface area is 98.6 Å². The molecule has 0 spiro atoms. The van der Waals surface area contributed by atoms with Crippen LogP contribution in [0, 0.1) is 0 Å². The number of ether oxygens (including phenoxy) is 3. The molecule has 1 saturated heterocycles. The Morgan fingerprint density at radius 3 is 2.81 bits per heavy atom. The summed E-state index contributed by atoms with van der Waals surface area (Å²) in [5, 5.41) is 3.41. The molecule has 0 bridgehead atoms. The Balaban J connectivity index is 1.86. The molecule has 1 heterocycles. The number of hydrogen-bond acceptors (Lipinski definition) is 4. The van der Waals surface area contributed by atoms with Crippen molar-refractivity contribution in [2.24, 2.45) is 0 Å². The zero-order chi connectivity index (χ0) is 11.6. The van der Waals surface area contributed by atoms with Gasteiger partial charge >= 0.3 is 0 Å². The average Bonchev–Trinajstić information content (AvgIpc) is 2.28. The van der Waals surface area contributed by atoms with Crippen LogP contribution in [0.25, 0.3) is 0 Å². The summed E-state index contributed by atoms with van der Waals surface area (Å²) in [5.74, 6) is 0. The van der Waals surface area contributed by atoms with Gasteiger partial charge in [-0.05, 0) is 32.7 Å². The first-order valence-electron chi connectivity index (χ1n) is 6.24. The molecule has 0 aromatic heterocycles. The third-order valence-corrected chi connectivity index (χ3v) is 2.79. The van der Waals surface area contributed by atoms with Gasteiger partial charge in [0.15, 0.2) is 0 Å². The van der Waals surface area contributed by atoms with E-state index in [1.165, 1.54) is 0 Å². The van der Waals surface area contributed by atoms with E-state index in [0.29, 0.717) is 25.4 Å². The van der Waals surface area contributed by atoms with E-state index in [4.69, 9.17) is 14.2 Å². The summed E-state index contributed by atoms with van der Waals surface area (Å²) in [4.78, 5) is 0. The van der Waals surface area contributed by atoms with Gasteiger partial charge in [-0.15, -0.1) is 0 Å². The summed E-state index contributed by atoms with van der Waals surface area (Å²) in [6.45, 7) is 6.22. The molecule has 2 unspecified atom stereocenters. The van der Waals surface area contributed by atoms with Gasteiger partial charge in [0.05, 0.1) is 19.3 Å². The van der Waals surface area contributed by atoms with E-state index in [1.54, 1.807) is 7.11 Å². The molecule has 0 amide bonds. The molecular formula is C12H25NO3. The standard InChI is InChI=1S/C12H25NO3/c1-11-10-12(4-5-13-11)16-9-8-15-7-3-6-14-2/h11-13H,3-10H2,1-2H3. The van der Waals surface area contributed by atoms with Crippen molar-refractivity contribution in [1.82, 2.24) is 5.32 Å². The molecule has 96 valence electrons. The Morgan fingerprint density at radius 2 is 2.06 bits per heavy atom. The Hall–Kier alpha value is -0.160. The van der Waals surface area contributed by atoms with Gasteiger partial charge in [-0.1, -0.05) is 0 Å². The predicted octanol–water partition coefficient (Wildman–Crippen LogP) is 1.20. The highest BCUT2D eigenvalue weighted by Crippen LogP contribution is 2.11. The fraction of sp³-hybridized carbons (Fsp3) is 1.00. The minimum absolute atomic E-state index is 0.416. The Morgan fingerprint density at radius 1 is 1.19 bits per heavy atom. The van der Waals surface area contributed by atoms with Gasteiger partial charge < -0.3 is 19.5 Å². The van der Waals surface area contributed by atoms with Crippen molar-refractivity contribution in [2.45, 2.75) is 38.3 Å². The van der Waals surface area contributed by atoms with Crippen molar-refractivity contribution in [3.05, 3.63) is 0 Å². The van der Waals surface area contributed by atoms with Crippen molar-refractivity contribution in [1.29, 1.82) is 0 Å². The highest BCUT2D eigenvalue weighted by atomic mass is 16.5. The molecule has 1 rings (SSSR count). The van der Waals surface area contributed by atoms with Crippen molar-refractivity contribution >= 4 is 0 Å². The molecule has 16 heavy (non-hydrogen) atoms. The van der Waals surface area contributed by atoms with Crippen molar-refractivity contribution in [3.8, 4) is 0 Å². The number of rotatable bonds is 8. The summed E-state index contributed by atoms with van der Waals surface area (Å²) in [5.41, 5.74) is 0. The zero-order valence-electron chi connectivity index (χ0n) is 10.5. The first-order valence-corrected chi connectivity index (χ1v) is 6.24. The summed E-state index contributed by atoms with van der Waals surface area (Å²) < 4.78 is 16.1. The third kappa shape index (κ3) is 6.43. The molecule has 0 saturated carbocycles. The quantitative estimate of drug-likeness (QED) is 0.637. The summed E-state index contributed by atoms with van der Waals surface area (Å²) in [6.07, 6.45) is 3.61. The average molecular weight is 231 g/mol. The fourth-order valence-electron chi connectivity index (χ4n) is 1.92. The van der Waals surface area contributed by atoms with Crippen molar-refractivity contribution in [3.63, 3.8) is 0 Å². The van der Waals surface area contributed by atoms with Gasteiger partial charge in [-0.3, -0.25) is 0 Å². The smallest absolute Gasteiger partial charge is 0.0704 e. The van der Waals surface area contributed by atoms with Crippen LogP contribution in [0.4, 0.5) is 0 Å². The second-order valence-electron chi connectivity index (χ2n) is 4.33. The lowest BCUT2D eigenvalue weighted by molar-refractivity contribution is -0.0150. The highest BCUT2D eigenvalue weighted by Gasteiger charge is 2.18. The molecule has 4 nitrogen and oxygen atoms in total. The van der Waals surface area contributed by atoms with E-state index in [9.17, 15) is 0 Å². The summed E-state index contributed by atoms with van der Waals surface area (Å²) >= 11 is 0. The van der Waals surface area contributed by atoms with Crippen LogP contribution in [0.3, 0.4) is 0 Å². The van der Waals surface area contributed by atoms with Crippen LogP contribution < -0.4 is 5.32 Å². The minimum atomic E-state index is 0.416. The largest absolute Gasteiger partial charge is 0.385 e. The highest BCUT2D eigenvalue weighted by molar-refractivity contribution is 4.75. The van der Waals surface area contributed by atoms with E-state index in [-0.39, 0.29) is 0 Å². The van der Waals surface area contributed by atoms with Crippen LogP contribution in [0.2, 0.25) is 0 Å². The van der Waals surface area contributed by atoms with Gasteiger partial charge in [0.25, 0.3) is 0 Å². The molecule has 1 fully saturated rings. The maximum absolute atomic E-state index is 5.76. The Kier molecular flexibility index (Phi) is 7.76. The lowest BCUT2D eigenvalue weighted by atomic mass is 10.0. The number of hydrogen-bond donors (Lipinski definition) is 1. The van der Waals surface area contributed by atoms with E-state index in [1.807, 2.05) is 0 Å². The van der Waals surface area contributed by atoms with Gasteiger partial charge in [0.1, 0.15) is 0 Å². The monoisotopic (exact) mass is 231 g/mol. The molecule has 2 atom stereocenters. The van der Waals surface area contributed by atoms with Crippen LogP contribution in [-0.4, -0.2) is 52.2 Å². The van der Waals surface area contributed by atoms with E-state index < -0.39 is 0 Å². The Bertz CT molecular complexity index is 166. The topological polar surface area (TPSA) is 39.7 Å². The van der Waals surface area contributed by atoms with E-state index in [0.717, 1.165) is 39.0 Å². The summed E-state index contributed by atoms with van der Waals surface area (Å²) in [6, 6.07) is 0.585. The molecule has 0 aliphatic carbocycles. The number of methoxy groups -OCH3 is 1. The van der Waals surface area contributed by atoms with E-state index in [2.05, 4.69) is 12.2 Å². The second kappa shape index (κ2) is 8.93. The molecule has 1 aliphatic rings. The minimum Gasteiger partial charge on any atom is -0.385 e. The number of nitrogens with one attached hydrogen (secondary N) is 1. The van der Waals surface area contributed by atoms with Crippen LogP contribution >= 0.6 is 0 Å². The maximum atomic E-state index is 5.76. The normalized spacial score (nSPS) is 25.9. The lowest BCUT2D eigenvalue weighted by Gasteiger charge is -2.27. The molecular weight excluding hydrogens is 206 g/mol. The van der Waals surface area contributed by atoms with Gasteiger partial charge in [0.2, 0.25) is 0 Å². The van der Waals surface area contributed by atoms with E-state index >= 15 is 0 Å². The fourth-order valence-corrected chi connectivity index (χ4v) is 1.92. The molecule has 0 aromatic carbocycles. The molecule has 1 aliphatic heterocycles. The first-order chi connectivity index (χ1) is 7.83. The van der Waals surface area contributed by atoms with Gasteiger partial charge in [-0.2, -0.15) is 0 Å². The van der Waals surface area contributed by atoms with Crippen LogP contribution in [0.15, 0.2) is 0 Å². The molecule has 4 heteroatoms. The van der Waals surface area contributed by atoms with Crippen molar-refractivity contribution < 1.29 is 14.2 Å². The molecule has 1 N–H and O–H groups in total. The predicted molar refractivity (Wildman–Crippen MR) is 63.8 cm³/mol. The first kappa shape index (κ1) is 13.9. The lowest BCUT2D eigenvalue weighted by Crippen LogP contribution is -2.39. The van der Waals surface area contributed by atoms with Crippen molar-refractivity contribution in [2.75, 3.05) is 40.1 Å². The zero-order valence-corrected chi connectivity index (χ0v) is 10.5. The SMILES string of the molecule is COCCCOCCOC1CCNC(C)C1. The third-order valence-electron chi connectivity index (χ3n) is 2.79. The van der Waals surface area contributed by atoms with Crippen LogP contribution in [0.1, 0.15) is 26.2 Å². The number of piperidine rings is 1. The summed E-state index contributed by atoms with van der Waals surface area (Å²) in [7, 11) is 1.71. The maximum Gasteiger partial charge on any atom is 0.0704 e. The molecule has 0 radical (unpaired) electrons. The van der Waals surface area contributed by atoms with Gasteiger partial charge in [-0.25, -0.2) is 0 Å². The van der Waals surface area contributed by atoms with Crippen LogP contribution in [-0.2, 0) is 14.2 Å². The molecule has 0 aromatic rings. The van der Waals surface area contributed by atoms with Crippen LogP contribution in [0.5, 0.6) is 0 Å².